The summed E-state index contributed by atoms with van der Waals surface area (Å²) in [7, 11) is 3.09. The van der Waals surface area contributed by atoms with E-state index in [0.717, 1.165) is 5.69 Å². The number of thiazole rings is 1. The molecule has 1 aromatic heterocycles. The second-order valence-corrected chi connectivity index (χ2v) is 8.03. The highest BCUT2D eigenvalue weighted by Crippen LogP contribution is 2.30. The molecule has 0 aliphatic heterocycles. The van der Waals surface area contributed by atoms with Gasteiger partial charge in [-0.2, -0.15) is 0 Å². The molecule has 7 nitrogen and oxygen atoms in total. The van der Waals surface area contributed by atoms with Crippen LogP contribution in [0.4, 0.5) is 10.8 Å². The number of amides is 2. The maximum Gasteiger partial charge on any atom is 0.258 e. The maximum atomic E-state index is 12.6. The molecule has 156 valence electrons. The molecule has 0 aliphatic carbocycles. The van der Waals surface area contributed by atoms with Gasteiger partial charge in [0.2, 0.25) is 5.91 Å². The first-order valence-corrected chi connectivity index (χ1v) is 10.8. The topological polar surface area (TPSA) is 89.5 Å². The van der Waals surface area contributed by atoms with Crippen molar-refractivity contribution in [3.63, 3.8) is 0 Å². The number of aryl methyl sites for hydroxylation is 1. The van der Waals surface area contributed by atoms with Crippen LogP contribution in [0.25, 0.3) is 0 Å². The minimum absolute atomic E-state index is 0.148. The fraction of sp³-hybridized carbons (Fsp3) is 0.190. The lowest BCUT2D eigenvalue weighted by Gasteiger charge is -2.11. The van der Waals surface area contributed by atoms with E-state index in [0.29, 0.717) is 32.8 Å². The Morgan fingerprint density at radius 1 is 1.07 bits per heavy atom. The third kappa shape index (κ3) is 5.52. The van der Waals surface area contributed by atoms with Crippen LogP contribution < -0.4 is 20.1 Å². The van der Waals surface area contributed by atoms with Gasteiger partial charge in [0, 0.05) is 22.0 Å². The average Bonchev–Trinajstić information content (AvgIpc) is 3.16. The Labute approximate surface area is 182 Å². The highest BCUT2D eigenvalue weighted by Gasteiger charge is 2.15. The van der Waals surface area contributed by atoms with Crippen molar-refractivity contribution in [2.75, 3.05) is 30.6 Å². The summed E-state index contributed by atoms with van der Waals surface area (Å²) in [5, 5.41) is 8.04. The standard InChI is InChI=1S/C21H21N3O4S2/c1-13-11-30-21(22-13)24-20(26)15-6-4-5-7-18(15)29-12-19(25)23-14-8-9-16(27-2)17(10-14)28-3/h4-11H,12H2,1-3H3,(H,23,25)(H,22,24,26). The number of benzene rings is 2. The molecule has 0 unspecified atom stereocenters. The van der Waals surface area contributed by atoms with Crippen molar-refractivity contribution in [2.24, 2.45) is 0 Å². The van der Waals surface area contributed by atoms with E-state index in [1.165, 1.54) is 30.2 Å². The predicted molar refractivity (Wildman–Crippen MR) is 120 cm³/mol. The van der Waals surface area contributed by atoms with Gasteiger partial charge in [-0.3, -0.25) is 14.9 Å². The monoisotopic (exact) mass is 443 g/mol. The molecule has 0 saturated carbocycles. The summed E-state index contributed by atoms with van der Waals surface area (Å²) in [6, 6.07) is 12.3. The van der Waals surface area contributed by atoms with Gasteiger partial charge in [0.25, 0.3) is 5.91 Å². The molecule has 2 amide bonds. The van der Waals surface area contributed by atoms with Crippen LogP contribution >= 0.6 is 23.1 Å². The Morgan fingerprint density at radius 2 is 1.83 bits per heavy atom. The van der Waals surface area contributed by atoms with Crippen molar-refractivity contribution in [1.82, 2.24) is 4.98 Å². The van der Waals surface area contributed by atoms with Crippen LogP contribution in [-0.4, -0.2) is 36.8 Å². The van der Waals surface area contributed by atoms with Crippen molar-refractivity contribution < 1.29 is 19.1 Å². The fourth-order valence-corrected chi connectivity index (χ4v) is 4.14. The Balaban J connectivity index is 1.63. The molecule has 3 aromatic rings. The minimum Gasteiger partial charge on any atom is -0.493 e. The van der Waals surface area contributed by atoms with Gasteiger partial charge in [-0.25, -0.2) is 4.98 Å². The third-order valence-electron chi connectivity index (χ3n) is 4.00. The SMILES string of the molecule is COc1ccc(NC(=O)CSc2ccccc2C(=O)Nc2nc(C)cs2)cc1OC. The van der Waals surface area contributed by atoms with E-state index in [9.17, 15) is 9.59 Å². The van der Waals surface area contributed by atoms with E-state index in [2.05, 4.69) is 15.6 Å². The van der Waals surface area contributed by atoms with Crippen molar-refractivity contribution in [2.45, 2.75) is 11.8 Å². The lowest BCUT2D eigenvalue weighted by Crippen LogP contribution is -2.16. The van der Waals surface area contributed by atoms with E-state index < -0.39 is 0 Å². The first-order valence-electron chi connectivity index (χ1n) is 8.97. The average molecular weight is 444 g/mol. The van der Waals surface area contributed by atoms with Crippen LogP contribution in [0.15, 0.2) is 52.7 Å². The lowest BCUT2D eigenvalue weighted by atomic mass is 10.2. The summed E-state index contributed by atoms with van der Waals surface area (Å²) < 4.78 is 10.4. The first kappa shape index (κ1) is 21.7. The number of rotatable bonds is 8. The van der Waals surface area contributed by atoms with Crippen LogP contribution in [-0.2, 0) is 4.79 Å². The molecule has 1 heterocycles. The summed E-state index contributed by atoms with van der Waals surface area (Å²) in [5.74, 6) is 0.808. The number of methoxy groups -OCH3 is 2. The van der Waals surface area contributed by atoms with Crippen molar-refractivity contribution in [1.29, 1.82) is 0 Å². The number of hydrogen-bond acceptors (Lipinski definition) is 7. The van der Waals surface area contributed by atoms with Gasteiger partial charge in [-0.05, 0) is 31.2 Å². The smallest absolute Gasteiger partial charge is 0.258 e. The number of ether oxygens (including phenoxy) is 2. The first-order chi connectivity index (χ1) is 14.5. The zero-order valence-electron chi connectivity index (χ0n) is 16.7. The molecule has 0 saturated heterocycles. The van der Waals surface area contributed by atoms with Crippen molar-refractivity contribution in [3.05, 3.63) is 59.1 Å². The van der Waals surface area contributed by atoms with Gasteiger partial charge in [-0.1, -0.05) is 12.1 Å². The molecule has 0 spiro atoms. The molecule has 0 radical (unpaired) electrons. The van der Waals surface area contributed by atoms with Crippen LogP contribution in [0.3, 0.4) is 0 Å². The number of aromatic nitrogens is 1. The van der Waals surface area contributed by atoms with Gasteiger partial charge in [-0.15, -0.1) is 23.1 Å². The quantitative estimate of drug-likeness (QED) is 0.500. The number of anilines is 2. The zero-order valence-corrected chi connectivity index (χ0v) is 18.4. The Morgan fingerprint density at radius 3 is 2.53 bits per heavy atom. The fourth-order valence-electron chi connectivity index (χ4n) is 2.61. The number of nitrogens with zero attached hydrogens (tertiary/aromatic N) is 1. The second kappa shape index (κ2) is 10.1. The number of carbonyl (C=O) groups excluding carboxylic acids is 2. The molecule has 3 rings (SSSR count). The van der Waals surface area contributed by atoms with E-state index in [1.54, 1.807) is 37.4 Å². The summed E-state index contributed by atoms with van der Waals surface area (Å²) in [4.78, 5) is 30.0. The van der Waals surface area contributed by atoms with E-state index in [1.807, 2.05) is 24.4 Å². The van der Waals surface area contributed by atoms with Crippen LogP contribution in [0.2, 0.25) is 0 Å². The molecule has 2 aromatic carbocycles. The van der Waals surface area contributed by atoms with Gasteiger partial charge in [0.1, 0.15) is 0 Å². The van der Waals surface area contributed by atoms with E-state index >= 15 is 0 Å². The van der Waals surface area contributed by atoms with Gasteiger partial charge in [0.15, 0.2) is 16.6 Å². The number of carbonyl (C=O) groups is 2. The predicted octanol–water partition coefficient (Wildman–Crippen LogP) is 4.45. The second-order valence-electron chi connectivity index (χ2n) is 6.15. The Bertz CT molecular complexity index is 1050. The van der Waals surface area contributed by atoms with Crippen LogP contribution in [0.1, 0.15) is 16.1 Å². The minimum atomic E-state index is -0.257. The molecule has 0 bridgehead atoms. The molecular formula is C21H21N3O4S2. The van der Waals surface area contributed by atoms with Crippen LogP contribution in [0.5, 0.6) is 11.5 Å². The van der Waals surface area contributed by atoms with Crippen LogP contribution in [0, 0.1) is 6.92 Å². The van der Waals surface area contributed by atoms with Gasteiger partial charge < -0.3 is 14.8 Å². The molecular weight excluding hydrogens is 422 g/mol. The molecule has 0 atom stereocenters. The van der Waals surface area contributed by atoms with Gasteiger partial charge >= 0.3 is 0 Å². The summed E-state index contributed by atoms with van der Waals surface area (Å²) in [6.07, 6.45) is 0. The Kier molecular flexibility index (Phi) is 7.31. The number of nitrogens with one attached hydrogen (secondary N) is 2. The molecule has 30 heavy (non-hydrogen) atoms. The number of hydrogen-bond donors (Lipinski definition) is 2. The van der Waals surface area contributed by atoms with Gasteiger partial charge in [0.05, 0.1) is 31.2 Å². The van der Waals surface area contributed by atoms with E-state index in [-0.39, 0.29) is 17.6 Å². The normalized spacial score (nSPS) is 10.4. The lowest BCUT2D eigenvalue weighted by molar-refractivity contribution is -0.113. The molecule has 0 fully saturated rings. The summed E-state index contributed by atoms with van der Waals surface area (Å²) in [6.45, 7) is 1.87. The zero-order chi connectivity index (χ0) is 21.5. The van der Waals surface area contributed by atoms with Crippen molar-refractivity contribution in [3.8, 4) is 11.5 Å². The highest BCUT2D eigenvalue weighted by molar-refractivity contribution is 8.00. The highest BCUT2D eigenvalue weighted by atomic mass is 32.2. The maximum absolute atomic E-state index is 12.6. The largest absolute Gasteiger partial charge is 0.493 e. The summed E-state index contributed by atoms with van der Waals surface area (Å²) in [5.41, 5.74) is 1.95. The molecule has 9 heteroatoms. The number of thioether (sulfide) groups is 1. The molecule has 2 N–H and O–H groups in total. The third-order valence-corrected chi connectivity index (χ3v) is 5.95. The van der Waals surface area contributed by atoms with Crippen molar-refractivity contribution >= 4 is 45.7 Å². The molecule has 0 aliphatic rings. The van der Waals surface area contributed by atoms with E-state index in [4.69, 9.17) is 9.47 Å². The Hall–Kier alpha value is -3.04. The summed E-state index contributed by atoms with van der Waals surface area (Å²) >= 11 is 2.66.